The van der Waals surface area contributed by atoms with Gasteiger partial charge in [0.2, 0.25) is 5.91 Å². The zero-order valence-electron chi connectivity index (χ0n) is 11.6. The summed E-state index contributed by atoms with van der Waals surface area (Å²) in [7, 11) is 3.20. The molecule has 0 heterocycles. The summed E-state index contributed by atoms with van der Waals surface area (Å²) in [6.45, 7) is 3.16. The smallest absolute Gasteiger partial charge is 0.307 e. The second kappa shape index (κ2) is 6.22. The Morgan fingerprint density at radius 2 is 1.68 bits per heavy atom. The van der Waals surface area contributed by atoms with E-state index in [4.69, 9.17) is 9.84 Å². The number of carbonyl (C=O) groups excluding carboxylic acids is 1. The number of carbonyl (C=O) groups is 2. The second-order valence-corrected chi connectivity index (χ2v) is 4.51. The summed E-state index contributed by atoms with van der Waals surface area (Å²) in [5.41, 5.74) is 0.704. The van der Waals surface area contributed by atoms with Crippen molar-refractivity contribution in [3.8, 4) is 5.75 Å². The van der Waals surface area contributed by atoms with Gasteiger partial charge < -0.3 is 14.7 Å². The van der Waals surface area contributed by atoms with Gasteiger partial charge in [-0.2, -0.15) is 0 Å². The van der Waals surface area contributed by atoms with Crippen LogP contribution in [0, 0.1) is 11.8 Å². The van der Waals surface area contributed by atoms with Crippen molar-refractivity contribution < 1.29 is 19.4 Å². The van der Waals surface area contributed by atoms with Crippen LogP contribution in [0.1, 0.15) is 13.8 Å². The maximum atomic E-state index is 12.2. The number of rotatable bonds is 5. The van der Waals surface area contributed by atoms with Crippen LogP contribution >= 0.6 is 0 Å². The van der Waals surface area contributed by atoms with Crippen LogP contribution in [0.4, 0.5) is 5.69 Å². The molecule has 5 heteroatoms. The highest BCUT2D eigenvalue weighted by Crippen LogP contribution is 2.22. The molecule has 2 atom stereocenters. The van der Waals surface area contributed by atoms with E-state index < -0.39 is 17.8 Å². The molecule has 1 aromatic carbocycles. The van der Waals surface area contributed by atoms with E-state index in [1.807, 2.05) is 0 Å². The lowest BCUT2D eigenvalue weighted by Gasteiger charge is -2.23. The van der Waals surface area contributed by atoms with Crippen LogP contribution in [0.2, 0.25) is 0 Å². The second-order valence-electron chi connectivity index (χ2n) is 4.51. The first-order valence-electron chi connectivity index (χ1n) is 6.03. The summed E-state index contributed by atoms with van der Waals surface area (Å²) in [5.74, 6) is -1.78. The topological polar surface area (TPSA) is 66.8 Å². The van der Waals surface area contributed by atoms with Crippen LogP contribution < -0.4 is 9.64 Å². The molecule has 1 amide bonds. The highest BCUT2D eigenvalue weighted by molar-refractivity contribution is 5.96. The predicted molar refractivity (Wildman–Crippen MR) is 72.4 cm³/mol. The Kier molecular flexibility index (Phi) is 4.92. The third-order valence-corrected chi connectivity index (χ3v) is 3.32. The Hall–Kier alpha value is -2.04. The third kappa shape index (κ3) is 3.47. The van der Waals surface area contributed by atoms with Gasteiger partial charge in [0.05, 0.1) is 13.0 Å². The number of hydrogen-bond donors (Lipinski definition) is 1. The summed E-state index contributed by atoms with van der Waals surface area (Å²) >= 11 is 0. The fourth-order valence-corrected chi connectivity index (χ4v) is 1.67. The highest BCUT2D eigenvalue weighted by atomic mass is 16.5. The molecule has 0 radical (unpaired) electrons. The number of aliphatic carboxylic acids is 1. The van der Waals surface area contributed by atoms with E-state index in [-0.39, 0.29) is 5.91 Å². The van der Waals surface area contributed by atoms with Crippen LogP contribution in [0.25, 0.3) is 0 Å². The molecule has 19 heavy (non-hydrogen) atoms. The Bertz CT molecular complexity index is 455. The van der Waals surface area contributed by atoms with Crippen LogP contribution in [-0.4, -0.2) is 31.1 Å². The van der Waals surface area contributed by atoms with Gasteiger partial charge in [-0.3, -0.25) is 9.59 Å². The first-order chi connectivity index (χ1) is 8.88. The summed E-state index contributed by atoms with van der Waals surface area (Å²) < 4.78 is 5.05. The van der Waals surface area contributed by atoms with Gasteiger partial charge in [-0.05, 0) is 24.3 Å². The molecule has 1 aromatic rings. The molecular formula is C14H19NO4. The van der Waals surface area contributed by atoms with Gasteiger partial charge in [0, 0.05) is 18.7 Å². The minimum atomic E-state index is -0.969. The lowest BCUT2D eigenvalue weighted by molar-refractivity contribution is -0.145. The monoisotopic (exact) mass is 265 g/mol. The van der Waals surface area contributed by atoms with E-state index in [1.165, 1.54) is 11.8 Å². The van der Waals surface area contributed by atoms with Gasteiger partial charge in [0.15, 0.2) is 0 Å². The molecule has 0 bridgehead atoms. The van der Waals surface area contributed by atoms with E-state index in [1.54, 1.807) is 45.3 Å². The van der Waals surface area contributed by atoms with E-state index in [0.717, 1.165) is 0 Å². The van der Waals surface area contributed by atoms with Gasteiger partial charge in [-0.1, -0.05) is 13.8 Å². The summed E-state index contributed by atoms with van der Waals surface area (Å²) in [6.07, 6.45) is 0. The fraction of sp³-hybridized carbons (Fsp3) is 0.429. The number of anilines is 1. The van der Waals surface area contributed by atoms with Crippen LogP contribution in [-0.2, 0) is 9.59 Å². The first-order valence-corrected chi connectivity index (χ1v) is 6.03. The fourth-order valence-electron chi connectivity index (χ4n) is 1.67. The normalized spacial score (nSPS) is 13.5. The van der Waals surface area contributed by atoms with Gasteiger partial charge in [0.25, 0.3) is 0 Å². The molecule has 0 fully saturated rings. The summed E-state index contributed by atoms with van der Waals surface area (Å²) in [5, 5.41) is 8.93. The Morgan fingerprint density at radius 3 is 2.11 bits per heavy atom. The number of ether oxygens (including phenoxy) is 1. The van der Waals surface area contributed by atoms with Gasteiger partial charge >= 0.3 is 5.97 Å². The van der Waals surface area contributed by atoms with E-state index in [2.05, 4.69) is 0 Å². The number of amides is 1. The zero-order valence-corrected chi connectivity index (χ0v) is 11.6. The maximum absolute atomic E-state index is 12.2. The quantitative estimate of drug-likeness (QED) is 0.884. The molecule has 0 aliphatic carbocycles. The van der Waals surface area contributed by atoms with Crippen LogP contribution in [0.5, 0.6) is 5.75 Å². The van der Waals surface area contributed by atoms with Gasteiger partial charge in [-0.25, -0.2) is 0 Å². The summed E-state index contributed by atoms with van der Waals surface area (Å²) in [4.78, 5) is 24.5. The molecule has 2 unspecified atom stereocenters. The molecule has 1 rings (SSSR count). The third-order valence-electron chi connectivity index (χ3n) is 3.32. The largest absolute Gasteiger partial charge is 0.497 e. The number of carboxylic acids is 1. The van der Waals surface area contributed by atoms with Crippen molar-refractivity contribution in [2.45, 2.75) is 13.8 Å². The number of carboxylic acid groups (broad SMARTS) is 1. The van der Waals surface area contributed by atoms with Crippen molar-refractivity contribution >= 4 is 17.6 Å². The van der Waals surface area contributed by atoms with Gasteiger partial charge in [0.1, 0.15) is 5.75 Å². The summed E-state index contributed by atoms with van der Waals surface area (Å²) in [6, 6.07) is 7.03. The lowest BCUT2D eigenvalue weighted by Crippen LogP contribution is -2.36. The maximum Gasteiger partial charge on any atom is 0.307 e. The van der Waals surface area contributed by atoms with Crippen molar-refractivity contribution in [1.82, 2.24) is 0 Å². The molecule has 0 saturated heterocycles. The molecule has 1 N–H and O–H groups in total. The number of nitrogens with zero attached hydrogens (tertiary/aromatic N) is 1. The molecule has 0 spiro atoms. The lowest BCUT2D eigenvalue weighted by atomic mass is 9.94. The molecule has 0 saturated carbocycles. The molecule has 0 aromatic heterocycles. The molecule has 0 aliphatic rings. The standard InChI is InChI=1S/C14H19NO4/c1-9(10(2)14(17)18)13(16)15(3)11-5-7-12(19-4)8-6-11/h5-10H,1-4H3,(H,17,18). The van der Waals surface area contributed by atoms with Gasteiger partial charge in [-0.15, -0.1) is 0 Å². The Labute approximate surface area is 112 Å². The zero-order chi connectivity index (χ0) is 14.6. The van der Waals surface area contributed by atoms with E-state index in [9.17, 15) is 9.59 Å². The SMILES string of the molecule is COc1ccc(N(C)C(=O)C(C)C(C)C(=O)O)cc1. The molecule has 0 aliphatic heterocycles. The van der Waals surface area contributed by atoms with E-state index >= 15 is 0 Å². The number of methoxy groups -OCH3 is 1. The number of hydrogen-bond acceptors (Lipinski definition) is 3. The first kappa shape index (κ1) is 15.0. The van der Waals surface area contributed by atoms with Crippen molar-refractivity contribution in [2.24, 2.45) is 11.8 Å². The van der Waals surface area contributed by atoms with Crippen molar-refractivity contribution in [3.63, 3.8) is 0 Å². The Morgan fingerprint density at radius 1 is 1.16 bits per heavy atom. The molecular weight excluding hydrogens is 246 g/mol. The van der Waals surface area contributed by atoms with Crippen molar-refractivity contribution in [1.29, 1.82) is 0 Å². The minimum Gasteiger partial charge on any atom is -0.497 e. The van der Waals surface area contributed by atoms with Crippen LogP contribution in [0.3, 0.4) is 0 Å². The number of benzene rings is 1. The van der Waals surface area contributed by atoms with Crippen molar-refractivity contribution in [2.75, 3.05) is 19.1 Å². The predicted octanol–water partition coefficient (Wildman–Crippen LogP) is 2.01. The minimum absolute atomic E-state index is 0.222. The average Bonchev–Trinajstić information content (AvgIpc) is 2.44. The van der Waals surface area contributed by atoms with E-state index in [0.29, 0.717) is 11.4 Å². The highest BCUT2D eigenvalue weighted by Gasteiger charge is 2.28. The average molecular weight is 265 g/mol. The molecule has 5 nitrogen and oxygen atoms in total. The van der Waals surface area contributed by atoms with Crippen molar-refractivity contribution in [3.05, 3.63) is 24.3 Å². The van der Waals surface area contributed by atoms with Crippen LogP contribution in [0.15, 0.2) is 24.3 Å². The Balaban J connectivity index is 2.83. The molecule has 104 valence electrons.